The van der Waals surface area contributed by atoms with E-state index < -0.39 is 5.60 Å². The van der Waals surface area contributed by atoms with Gasteiger partial charge in [0.25, 0.3) is 0 Å². The van der Waals surface area contributed by atoms with E-state index in [-0.39, 0.29) is 16.3 Å². The average Bonchev–Trinajstić information content (AvgIpc) is 2.29. The van der Waals surface area contributed by atoms with Gasteiger partial charge >= 0.3 is 0 Å². The second-order valence-electron chi connectivity index (χ2n) is 6.37. The Balaban J connectivity index is 2.07. The van der Waals surface area contributed by atoms with Crippen LogP contribution in [-0.2, 0) is 6.54 Å². The SMILES string of the molecule is CC1(C)CN(Cc2ccc(Cl)c(F)c2)CC[C@@]1(C)O. The van der Waals surface area contributed by atoms with Crippen molar-refractivity contribution in [3.05, 3.63) is 34.6 Å². The van der Waals surface area contributed by atoms with E-state index in [0.717, 1.165) is 25.1 Å². The fourth-order valence-electron chi connectivity index (χ4n) is 2.55. The molecule has 1 aliphatic rings. The van der Waals surface area contributed by atoms with E-state index in [0.29, 0.717) is 6.54 Å². The monoisotopic (exact) mass is 285 g/mol. The van der Waals surface area contributed by atoms with Crippen molar-refractivity contribution in [2.24, 2.45) is 5.41 Å². The van der Waals surface area contributed by atoms with Gasteiger partial charge in [0.15, 0.2) is 0 Å². The Morgan fingerprint density at radius 1 is 1.37 bits per heavy atom. The summed E-state index contributed by atoms with van der Waals surface area (Å²) in [5.74, 6) is -0.373. The van der Waals surface area contributed by atoms with Gasteiger partial charge in [0, 0.05) is 25.0 Å². The zero-order chi connectivity index (χ0) is 14.3. The van der Waals surface area contributed by atoms with Gasteiger partial charge in [0.2, 0.25) is 0 Å². The van der Waals surface area contributed by atoms with E-state index in [2.05, 4.69) is 18.7 Å². The minimum Gasteiger partial charge on any atom is -0.390 e. The Kier molecular flexibility index (Phi) is 3.92. The highest BCUT2D eigenvalue weighted by molar-refractivity contribution is 6.30. The number of piperidine rings is 1. The number of rotatable bonds is 2. The molecule has 0 aliphatic carbocycles. The highest BCUT2D eigenvalue weighted by atomic mass is 35.5. The average molecular weight is 286 g/mol. The molecule has 1 heterocycles. The molecule has 1 saturated heterocycles. The smallest absolute Gasteiger partial charge is 0.142 e. The van der Waals surface area contributed by atoms with Crippen LogP contribution in [0, 0.1) is 11.2 Å². The van der Waals surface area contributed by atoms with Gasteiger partial charge in [-0.05, 0) is 31.0 Å². The second kappa shape index (κ2) is 5.04. The molecule has 0 aromatic heterocycles. The summed E-state index contributed by atoms with van der Waals surface area (Å²) >= 11 is 5.68. The Bertz CT molecular complexity index is 473. The molecule has 2 rings (SSSR count). The molecule has 0 radical (unpaired) electrons. The fourth-order valence-corrected chi connectivity index (χ4v) is 2.67. The first-order chi connectivity index (χ1) is 8.71. The highest BCUT2D eigenvalue weighted by Crippen LogP contribution is 2.38. The molecule has 1 fully saturated rings. The molecule has 1 aromatic rings. The Hall–Kier alpha value is -0.640. The third kappa shape index (κ3) is 3.10. The first-order valence-corrected chi connectivity index (χ1v) is 6.98. The third-order valence-electron chi connectivity index (χ3n) is 4.38. The normalized spacial score (nSPS) is 27.5. The van der Waals surface area contributed by atoms with E-state index in [9.17, 15) is 9.50 Å². The van der Waals surface area contributed by atoms with Crippen molar-refractivity contribution in [1.82, 2.24) is 4.90 Å². The van der Waals surface area contributed by atoms with E-state index >= 15 is 0 Å². The lowest BCUT2D eigenvalue weighted by molar-refractivity contribution is -0.107. The lowest BCUT2D eigenvalue weighted by atomic mass is 9.71. The Morgan fingerprint density at radius 3 is 2.63 bits per heavy atom. The maximum atomic E-state index is 13.4. The summed E-state index contributed by atoms with van der Waals surface area (Å²) in [6.45, 7) is 8.34. The Labute approximate surface area is 119 Å². The van der Waals surface area contributed by atoms with Gasteiger partial charge in [0.1, 0.15) is 5.82 Å². The largest absolute Gasteiger partial charge is 0.390 e. The minimum absolute atomic E-state index is 0.158. The summed E-state index contributed by atoms with van der Waals surface area (Å²) in [6.07, 6.45) is 0.732. The topological polar surface area (TPSA) is 23.5 Å². The summed E-state index contributed by atoms with van der Waals surface area (Å²) in [5, 5.41) is 10.5. The lowest BCUT2D eigenvalue weighted by Gasteiger charge is -2.48. The van der Waals surface area contributed by atoms with Gasteiger partial charge in [-0.2, -0.15) is 0 Å². The van der Waals surface area contributed by atoms with Crippen LogP contribution in [0.3, 0.4) is 0 Å². The molecule has 2 nitrogen and oxygen atoms in total. The number of halogens is 2. The lowest BCUT2D eigenvalue weighted by Crippen LogP contribution is -2.55. The number of benzene rings is 1. The quantitative estimate of drug-likeness (QED) is 0.899. The summed E-state index contributed by atoms with van der Waals surface area (Å²) in [5.41, 5.74) is 0.101. The van der Waals surface area contributed by atoms with Crippen molar-refractivity contribution >= 4 is 11.6 Å². The Morgan fingerprint density at radius 2 is 2.05 bits per heavy atom. The molecular formula is C15H21ClFNO. The van der Waals surface area contributed by atoms with Gasteiger partial charge in [-0.3, -0.25) is 4.90 Å². The maximum Gasteiger partial charge on any atom is 0.142 e. The number of nitrogens with zero attached hydrogens (tertiary/aromatic N) is 1. The first kappa shape index (κ1) is 14.8. The van der Waals surface area contributed by atoms with E-state index in [4.69, 9.17) is 11.6 Å². The van der Waals surface area contributed by atoms with Crippen LogP contribution in [0.15, 0.2) is 18.2 Å². The van der Waals surface area contributed by atoms with Crippen LogP contribution in [0.2, 0.25) is 5.02 Å². The summed E-state index contributed by atoms with van der Waals surface area (Å²) in [7, 11) is 0. The molecule has 0 unspecified atom stereocenters. The summed E-state index contributed by atoms with van der Waals surface area (Å²) in [6, 6.07) is 4.94. The molecule has 19 heavy (non-hydrogen) atoms. The molecule has 106 valence electrons. The molecule has 0 bridgehead atoms. The van der Waals surface area contributed by atoms with Crippen LogP contribution >= 0.6 is 11.6 Å². The van der Waals surface area contributed by atoms with Crippen molar-refractivity contribution in [2.75, 3.05) is 13.1 Å². The predicted molar refractivity (Wildman–Crippen MR) is 75.7 cm³/mol. The minimum atomic E-state index is -0.644. The van der Waals surface area contributed by atoms with Crippen LogP contribution < -0.4 is 0 Å². The zero-order valence-electron chi connectivity index (χ0n) is 11.7. The van der Waals surface area contributed by atoms with Crippen LogP contribution in [0.5, 0.6) is 0 Å². The molecule has 1 atom stereocenters. The van der Waals surface area contributed by atoms with Crippen LogP contribution in [0.1, 0.15) is 32.8 Å². The second-order valence-corrected chi connectivity index (χ2v) is 6.77. The molecule has 1 N–H and O–H groups in total. The van der Waals surface area contributed by atoms with Crippen molar-refractivity contribution in [3.63, 3.8) is 0 Å². The van der Waals surface area contributed by atoms with Crippen molar-refractivity contribution < 1.29 is 9.50 Å². The molecular weight excluding hydrogens is 265 g/mol. The van der Waals surface area contributed by atoms with Gasteiger partial charge in [-0.15, -0.1) is 0 Å². The number of hydrogen-bond acceptors (Lipinski definition) is 2. The molecule has 0 saturated carbocycles. The zero-order valence-corrected chi connectivity index (χ0v) is 12.5. The standard InChI is InChI=1S/C15H21ClFNO/c1-14(2)10-18(7-6-15(14,3)19)9-11-4-5-12(16)13(17)8-11/h4-5,8,19H,6-7,9-10H2,1-3H3/t15-/m1/s1. The highest BCUT2D eigenvalue weighted by Gasteiger charge is 2.43. The number of aliphatic hydroxyl groups is 1. The van der Waals surface area contributed by atoms with Crippen LogP contribution in [0.4, 0.5) is 4.39 Å². The molecule has 1 aromatic carbocycles. The van der Waals surface area contributed by atoms with Crippen molar-refractivity contribution in [2.45, 2.75) is 39.3 Å². The predicted octanol–water partition coefficient (Wildman–Crippen LogP) is 3.46. The summed E-state index contributed by atoms with van der Waals surface area (Å²) < 4.78 is 13.4. The fraction of sp³-hybridized carbons (Fsp3) is 0.600. The van der Waals surface area contributed by atoms with Gasteiger partial charge in [-0.1, -0.05) is 31.5 Å². The van der Waals surface area contributed by atoms with Crippen molar-refractivity contribution in [1.29, 1.82) is 0 Å². The van der Waals surface area contributed by atoms with Gasteiger partial charge < -0.3 is 5.11 Å². The van der Waals surface area contributed by atoms with Crippen molar-refractivity contribution in [3.8, 4) is 0 Å². The van der Waals surface area contributed by atoms with Crippen LogP contribution in [-0.4, -0.2) is 28.7 Å². The maximum absolute atomic E-state index is 13.4. The number of hydrogen-bond donors (Lipinski definition) is 1. The molecule has 1 aliphatic heterocycles. The molecule has 0 spiro atoms. The van der Waals surface area contributed by atoms with E-state index in [1.165, 1.54) is 6.07 Å². The van der Waals surface area contributed by atoms with Gasteiger partial charge in [0.05, 0.1) is 10.6 Å². The van der Waals surface area contributed by atoms with Gasteiger partial charge in [-0.25, -0.2) is 4.39 Å². The van der Waals surface area contributed by atoms with E-state index in [1.54, 1.807) is 6.07 Å². The molecule has 0 amide bonds. The number of likely N-dealkylation sites (tertiary alicyclic amines) is 1. The summed E-state index contributed by atoms with van der Waals surface area (Å²) in [4.78, 5) is 2.25. The third-order valence-corrected chi connectivity index (χ3v) is 4.69. The molecule has 4 heteroatoms. The van der Waals surface area contributed by atoms with Crippen LogP contribution in [0.25, 0.3) is 0 Å². The van der Waals surface area contributed by atoms with E-state index in [1.807, 2.05) is 13.0 Å². The first-order valence-electron chi connectivity index (χ1n) is 6.60.